The summed E-state index contributed by atoms with van der Waals surface area (Å²) in [7, 11) is 0. The molecule has 0 aliphatic carbocycles. The van der Waals surface area contributed by atoms with Crippen molar-refractivity contribution in [3.63, 3.8) is 0 Å². The van der Waals surface area contributed by atoms with Crippen LogP contribution in [-0.4, -0.2) is 67.9 Å². The van der Waals surface area contributed by atoms with Crippen LogP contribution in [0, 0.1) is 0 Å². The normalized spacial score (nSPS) is 18.0. The van der Waals surface area contributed by atoms with E-state index in [1.54, 1.807) is 9.80 Å². The maximum Gasteiger partial charge on any atom is 0.246 e. The molecule has 0 saturated carbocycles. The SMILES string of the molecule is NCC(=O)N1CCN(Cc2nn[nH]n2)C(=O)C1Cc1ccccc1. The number of hydrogen-bond acceptors (Lipinski definition) is 6. The first-order valence-electron chi connectivity index (χ1n) is 7.73. The van der Waals surface area contributed by atoms with Crippen LogP contribution in [0.5, 0.6) is 0 Å². The summed E-state index contributed by atoms with van der Waals surface area (Å²) in [5, 5.41) is 13.6. The zero-order valence-electron chi connectivity index (χ0n) is 13.1. The molecule has 1 aliphatic heterocycles. The molecule has 24 heavy (non-hydrogen) atoms. The van der Waals surface area contributed by atoms with Crippen LogP contribution in [0.4, 0.5) is 0 Å². The molecule has 2 aromatic rings. The molecule has 9 nitrogen and oxygen atoms in total. The number of rotatable bonds is 5. The average Bonchev–Trinajstić information content (AvgIpc) is 3.12. The minimum absolute atomic E-state index is 0.108. The molecule has 0 radical (unpaired) electrons. The van der Waals surface area contributed by atoms with E-state index in [9.17, 15) is 9.59 Å². The standard InChI is InChI=1S/C15H19N7O2/c16-9-14(23)22-7-6-21(10-13-17-19-20-18-13)15(24)12(22)8-11-4-2-1-3-5-11/h1-5,12H,6-10,16H2,(H,17,18,19,20). The number of piperazine rings is 1. The predicted octanol–water partition coefficient (Wildman–Crippen LogP) is -1.06. The molecular formula is C15H19N7O2. The average molecular weight is 329 g/mol. The van der Waals surface area contributed by atoms with Gasteiger partial charge >= 0.3 is 0 Å². The van der Waals surface area contributed by atoms with Crippen LogP contribution < -0.4 is 5.73 Å². The molecule has 1 saturated heterocycles. The largest absolute Gasteiger partial charge is 0.331 e. The lowest BCUT2D eigenvalue weighted by atomic mass is 10.0. The monoisotopic (exact) mass is 329 g/mol. The van der Waals surface area contributed by atoms with Crippen LogP contribution >= 0.6 is 0 Å². The van der Waals surface area contributed by atoms with E-state index < -0.39 is 6.04 Å². The molecule has 0 spiro atoms. The van der Waals surface area contributed by atoms with Crippen LogP contribution in [-0.2, 0) is 22.6 Å². The first kappa shape index (κ1) is 16.1. The summed E-state index contributed by atoms with van der Waals surface area (Å²) < 4.78 is 0. The van der Waals surface area contributed by atoms with Crippen molar-refractivity contribution in [2.75, 3.05) is 19.6 Å². The Bertz CT molecular complexity index is 689. The van der Waals surface area contributed by atoms with Gasteiger partial charge in [-0.2, -0.15) is 5.21 Å². The van der Waals surface area contributed by atoms with Crippen molar-refractivity contribution in [3.8, 4) is 0 Å². The molecule has 1 aromatic carbocycles. The van der Waals surface area contributed by atoms with Gasteiger partial charge < -0.3 is 15.5 Å². The minimum atomic E-state index is -0.566. The molecule has 126 valence electrons. The van der Waals surface area contributed by atoms with Gasteiger partial charge in [-0.1, -0.05) is 35.5 Å². The summed E-state index contributed by atoms with van der Waals surface area (Å²) in [6.07, 6.45) is 0.453. The number of nitrogens with one attached hydrogen (secondary N) is 1. The lowest BCUT2D eigenvalue weighted by molar-refractivity contribution is -0.151. The quantitative estimate of drug-likeness (QED) is 0.721. The fourth-order valence-corrected chi connectivity index (χ4v) is 2.87. The number of hydrogen-bond donors (Lipinski definition) is 2. The third kappa shape index (κ3) is 3.40. The van der Waals surface area contributed by atoms with Crippen LogP contribution in [0.2, 0.25) is 0 Å². The fraction of sp³-hybridized carbons (Fsp3) is 0.400. The number of tetrazole rings is 1. The number of carbonyl (C=O) groups is 2. The van der Waals surface area contributed by atoms with Crippen LogP contribution in [0.1, 0.15) is 11.4 Å². The molecule has 3 N–H and O–H groups in total. The van der Waals surface area contributed by atoms with E-state index in [-0.39, 0.29) is 24.9 Å². The van der Waals surface area contributed by atoms with Crippen molar-refractivity contribution in [1.82, 2.24) is 30.4 Å². The summed E-state index contributed by atoms with van der Waals surface area (Å²) >= 11 is 0. The Balaban J connectivity index is 1.79. The van der Waals surface area contributed by atoms with Gasteiger partial charge in [-0.15, -0.1) is 10.2 Å². The summed E-state index contributed by atoms with van der Waals surface area (Å²) in [5.41, 5.74) is 6.49. The molecule has 3 rings (SSSR count). The van der Waals surface area contributed by atoms with E-state index in [1.165, 1.54) is 0 Å². The highest BCUT2D eigenvalue weighted by atomic mass is 16.2. The lowest BCUT2D eigenvalue weighted by Gasteiger charge is -2.40. The summed E-state index contributed by atoms with van der Waals surface area (Å²) in [4.78, 5) is 28.2. The molecule has 1 atom stereocenters. The van der Waals surface area contributed by atoms with E-state index in [4.69, 9.17) is 5.73 Å². The summed E-state index contributed by atoms with van der Waals surface area (Å²) in [6.45, 7) is 1.02. The van der Waals surface area contributed by atoms with E-state index in [0.29, 0.717) is 25.3 Å². The second kappa shape index (κ2) is 7.18. The number of aromatic nitrogens is 4. The van der Waals surface area contributed by atoms with Gasteiger partial charge in [0.15, 0.2) is 5.82 Å². The van der Waals surface area contributed by atoms with Crippen molar-refractivity contribution in [3.05, 3.63) is 41.7 Å². The van der Waals surface area contributed by atoms with Gasteiger partial charge in [-0.25, -0.2) is 0 Å². The third-order valence-electron chi connectivity index (χ3n) is 4.07. The Morgan fingerprint density at radius 3 is 2.75 bits per heavy atom. The lowest BCUT2D eigenvalue weighted by Crippen LogP contribution is -2.60. The van der Waals surface area contributed by atoms with Crippen molar-refractivity contribution >= 4 is 11.8 Å². The second-order valence-electron chi connectivity index (χ2n) is 5.58. The van der Waals surface area contributed by atoms with Gasteiger partial charge in [0, 0.05) is 19.5 Å². The Morgan fingerprint density at radius 1 is 1.29 bits per heavy atom. The maximum absolute atomic E-state index is 12.9. The van der Waals surface area contributed by atoms with Crippen molar-refractivity contribution in [2.24, 2.45) is 5.73 Å². The first-order valence-corrected chi connectivity index (χ1v) is 7.73. The summed E-state index contributed by atoms with van der Waals surface area (Å²) in [6, 6.07) is 9.05. The van der Waals surface area contributed by atoms with E-state index >= 15 is 0 Å². The molecule has 1 aliphatic rings. The van der Waals surface area contributed by atoms with E-state index in [2.05, 4.69) is 20.6 Å². The first-order chi connectivity index (χ1) is 11.7. The molecular weight excluding hydrogens is 310 g/mol. The second-order valence-corrected chi connectivity index (χ2v) is 5.58. The molecule has 1 unspecified atom stereocenters. The third-order valence-corrected chi connectivity index (χ3v) is 4.07. The zero-order valence-corrected chi connectivity index (χ0v) is 13.1. The Hall–Kier alpha value is -2.81. The van der Waals surface area contributed by atoms with Gasteiger partial charge in [0.25, 0.3) is 0 Å². The van der Waals surface area contributed by atoms with Crippen LogP contribution in [0.15, 0.2) is 30.3 Å². The van der Waals surface area contributed by atoms with E-state index in [1.807, 2.05) is 30.3 Å². The van der Waals surface area contributed by atoms with Crippen molar-refractivity contribution < 1.29 is 9.59 Å². The van der Waals surface area contributed by atoms with Crippen LogP contribution in [0.3, 0.4) is 0 Å². The van der Waals surface area contributed by atoms with Gasteiger partial charge in [0.05, 0.1) is 13.1 Å². The number of carbonyl (C=O) groups excluding carboxylic acids is 2. The van der Waals surface area contributed by atoms with Gasteiger partial charge in [-0.05, 0) is 5.56 Å². The number of amides is 2. The minimum Gasteiger partial charge on any atom is -0.331 e. The molecule has 1 fully saturated rings. The molecule has 2 amide bonds. The predicted molar refractivity (Wildman–Crippen MR) is 84.3 cm³/mol. The topological polar surface area (TPSA) is 121 Å². The Morgan fingerprint density at radius 2 is 2.08 bits per heavy atom. The van der Waals surface area contributed by atoms with Gasteiger partial charge in [-0.3, -0.25) is 9.59 Å². The number of H-pyrrole nitrogens is 1. The number of nitrogens with two attached hydrogens (primary N) is 1. The van der Waals surface area contributed by atoms with Gasteiger partial charge in [0.2, 0.25) is 11.8 Å². The highest BCUT2D eigenvalue weighted by Gasteiger charge is 2.37. The van der Waals surface area contributed by atoms with Crippen molar-refractivity contribution in [2.45, 2.75) is 19.0 Å². The highest BCUT2D eigenvalue weighted by Crippen LogP contribution is 2.18. The smallest absolute Gasteiger partial charge is 0.246 e. The molecule has 0 bridgehead atoms. The summed E-state index contributed by atoms with van der Waals surface area (Å²) in [5.74, 6) is 0.0978. The fourth-order valence-electron chi connectivity index (χ4n) is 2.87. The molecule has 1 aromatic heterocycles. The number of benzene rings is 1. The number of aromatic amines is 1. The van der Waals surface area contributed by atoms with Gasteiger partial charge in [0.1, 0.15) is 6.04 Å². The molecule has 9 heteroatoms. The van der Waals surface area contributed by atoms with Crippen LogP contribution in [0.25, 0.3) is 0 Å². The Kier molecular flexibility index (Phi) is 4.80. The van der Waals surface area contributed by atoms with E-state index in [0.717, 1.165) is 5.56 Å². The molecule has 2 heterocycles. The van der Waals surface area contributed by atoms with Crippen molar-refractivity contribution in [1.29, 1.82) is 0 Å². The highest BCUT2D eigenvalue weighted by molar-refractivity contribution is 5.89. The Labute approximate surface area is 138 Å². The maximum atomic E-state index is 12.9. The zero-order chi connectivity index (χ0) is 16.9. The number of nitrogens with zero attached hydrogens (tertiary/aromatic N) is 5.